The van der Waals surface area contributed by atoms with Crippen LogP contribution in [0.5, 0.6) is 11.5 Å². The average Bonchev–Trinajstić information content (AvgIpc) is 2.64. The lowest BCUT2D eigenvalue weighted by Crippen LogP contribution is -2.50. The minimum atomic E-state index is -3.54. The first kappa shape index (κ1) is 19.0. The summed E-state index contributed by atoms with van der Waals surface area (Å²) in [6, 6.07) is 12.6. The summed E-state index contributed by atoms with van der Waals surface area (Å²) < 4.78 is 36.6. The van der Waals surface area contributed by atoms with Crippen LogP contribution in [0.3, 0.4) is 0 Å². The van der Waals surface area contributed by atoms with Crippen LogP contribution < -0.4 is 19.1 Å². The molecule has 27 heavy (non-hydrogen) atoms. The van der Waals surface area contributed by atoms with Crippen LogP contribution in [0.25, 0.3) is 0 Å². The molecule has 8 heteroatoms. The van der Waals surface area contributed by atoms with Crippen LogP contribution >= 0.6 is 0 Å². The molecule has 0 fully saturated rings. The molecule has 1 heterocycles. The van der Waals surface area contributed by atoms with Crippen molar-refractivity contribution in [2.45, 2.75) is 19.6 Å². The van der Waals surface area contributed by atoms with Gasteiger partial charge in [0.25, 0.3) is 5.91 Å². The monoisotopic (exact) mass is 390 g/mol. The van der Waals surface area contributed by atoms with E-state index in [-0.39, 0.29) is 19.0 Å². The van der Waals surface area contributed by atoms with E-state index in [1.54, 1.807) is 19.2 Å². The van der Waals surface area contributed by atoms with Gasteiger partial charge in [0.15, 0.2) is 6.10 Å². The lowest BCUT2D eigenvalue weighted by Gasteiger charge is -2.34. The van der Waals surface area contributed by atoms with Gasteiger partial charge in [0.1, 0.15) is 11.5 Å². The molecule has 3 rings (SSSR count). The zero-order valence-electron chi connectivity index (χ0n) is 15.4. The maximum Gasteiger partial charge on any atom is 0.263 e. The second kappa shape index (κ2) is 7.48. The van der Waals surface area contributed by atoms with Gasteiger partial charge >= 0.3 is 0 Å². The largest absolute Gasteiger partial charge is 0.497 e. The average molecular weight is 390 g/mol. The fourth-order valence-corrected chi connectivity index (χ4v) is 3.80. The topological polar surface area (TPSA) is 84.9 Å². The maximum atomic E-state index is 12.6. The highest BCUT2D eigenvalue weighted by molar-refractivity contribution is 7.92. The number of aryl methyl sites for hydroxylation is 1. The predicted octanol–water partition coefficient (Wildman–Crippen LogP) is 1.85. The molecule has 0 saturated carbocycles. The Bertz CT molecular complexity index is 958. The lowest BCUT2D eigenvalue weighted by atomic mass is 10.1. The van der Waals surface area contributed by atoms with Crippen LogP contribution in [0.15, 0.2) is 42.5 Å². The molecule has 7 nitrogen and oxygen atoms in total. The highest BCUT2D eigenvalue weighted by atomic mass is 32.2. The quantitative estimate of drug-likeness (QED) is 0.842. The molecule has 0 radical (unpaired) electrons. The molecule has 1 aliphatic heterocycles. The van der Waals surface area contributed by atoms with Crippen molar-refractivity contribution in [3.05, 3.63) is 53.6 Å². The third kappa shape index (κ3) is 4.33. The summed E-state index contributed by atoms with van der Waals surface area (Å²) >= 11 is 0. The van der Waals surface area contributed by atoms with Crippen LogP contribution in [-0.2, 0) is 21.4 Å². The standard InChI is InChI=1S/C19H22N2O5S/c1-13-7-8-17-16(9-13)21(27(3,23)24)12-18(26-17)19(22)20-11-14-5-4-6-15(10-14)25-2/h4-10,18H,11-12H2,1-3H3,(H,20,22). The second-order valence-electron chi connectivity index (χ2n) is 6.44. The summed E-state index contributed by atoms with van der Waals surface area (Å²) in [5, 5.41) is 2.79. The van der Waals surface area contributed by atoms with Gasteiger partial charge in [0, 0.05) is 6.54 Å². The summed E-state index contributed by atoms with van der Waals surface area (Å²) in [5.41, 5.74) is 2.23. The Labute approximate surface area is 158 Å². The number of rotatable bonds is 5. The van der Waals surface area contributed by atoms with Crippen LogP contribution in [0.2, 0.25) is 0 Å². The SMILES string of the molecule is COc1cccc(CNC(=O)C2CN(S(C)(=O)=O)c3cc(C)ccc3O2)c1. The number of sulfonamides is 1. The van der Waals surface area contributed by atoms with Gasteiger partial charge in [-0.3, -0.25) is 9.10 Å². The van der Waals surface area contributed by atoms with Crippen LogP contribution in [-0.4, -0.2) is 40.3 Å². The summed E-state index contributed by atoms with van der Waals surface area (Å²) in [6.07, 6.45) is 0.191. The Morgan fingerprint density at radius 2 is 2.07 bits per heavy atom. The molecular weight excluding hydrogens is 368 g/mol. The number of nitrogens with one attached hydrogen (secondary N) is 1. The molecule has 2 aromatic carbocycles. The van der Waals surface area contributed by atoms with Crippen LogP contribution in [0.1, 0.15) is 11.1 Å². The molecule has 1 aliphatic rings. The summed E-state index contributed by atoms with van der Waals surface area (Å²) in [5.74, 6) is 0.694. The summed E-state index contributed by atoms with van der Waals surface area (Å²) in [6.45, 7) is 2.09. The van der Waals surface area contributed by atoms with E-state index in [9.17, 15) is 13.2 Å². The molecule has 1 atom stereocenters. The zero-order valence-corrected chi connectivity index (χ0v) is 16.2. The van der Waals surface area contributed by atoms with Gasteiger partial charge in [-0.05, 0) is 42.3 Å². The van der Waals surface area contributed by atoms with E-state index in [0.29, 0.717) is 17.2 Å². The van der Waals surface area contributed by atoms with E-state index in [2.05, 4.69) is 5.32 Å². The van der Waals surface area contributed by atoms with Crippen molar-refractivity contribution in [2.24, 2.45) is 0 Å². The number of benzene rings is 2. The number of methoxy groups -OCH3 is 1. The molecule has 0 aliphatic carbocycles. The number of fused-ring (bicyclic) bond motifs is 1. The fraction of sp³-hybridized carbons (Fsp3) is 0.316. The zero-order chi connectivity index (χ0) is 19.6. The molecule has 144 valence electrons. The third-order valence-corrected chi connectivity index (χ3v) is 5.42. The van der Waals surface area contributed by atoms with Gasteiger partial charge < -0.3 is 14.8 Å². The van der Waals surface area contributed by atoms with E-state index in [0.717, 1.165) is 17.4 Å². The minimum Gasteiger partial charge on any atom is -0.497 e. The molecule has 1 amide bonds. The van der Waals surface area contributed by atoms with Crippen molar-refractivity contribution in [1.82, 2.24) is 5.32 Å². The number of nitrogens with zero attached hydrogens (tertiary/aromatic N) is 1. The number of carbonyl (C=O) groups is 1. The first-order valence-corrected chi connectivity index (χ1v) is 10.3. The molecule has 1 unspecified atom stereocenters. The van der Waals surface area contributed by atoms with Crippen LogP contribution in [0.4, 0.5) is 5.69 Å². The molecule has 0 spiro atoms. The molecule has 1 N–H and O–H groups in total. The van der Waals surface area contributed by atoms with E-state index in [1.165, 1.54) is 4.31 Å². The molecule has 2 aromatic rings. The molecule has 0 saturated heterocycles. The van der Waals surface area contributed by atoms with Gasteiger partial charge in [0.05, 0.1) is 25.6 Å². The van der Waals surface area contributed by atoms with E-state index < -0.39 is 16.1 Å². The Hall–Kier alpha value is -2.74. The smallest absolute Gasteiger partial charge is 0.263 e. The van der Waals surface area contributed by atoms with E-state index in [4.69, 9.17) is 9.47 Å². The first-order valence-electron chi connectivity index (χ1n) is 8.43. The van der Waals surface area contributed by atoms with Gasteiger partial charge in [-0.2, -0.15) is 0 Å². The van der Waals surface area contributed by atoms with E-state index >= 15 is 0 Å². The van der Waals surface area contributed by atoms with Gasteiger partial charge in [-0.1, -0.05) is 18.2 Å². The number of carbonyl (C=O) groups excluding carboxylic acids is 1. The van der Waals surface area contributed by atoms with Crippen molar-refractivity contribution in [1.29, 1.82) is 0 Å². The van der Waals surface area contributed by atoms with Gasteiger partial charge in [-0.15, -0.1) is 0 Å². The summed E-state index contributed by atoms with van der Waals surface area (Å²) in [4.78, 5) is 12.6. The molecule has 0 bridgehead atoms. The third-order valence-electron chi connectivity index (χ3n) is 4.28. The minimum absolute atomic E-state index is 0.0702. The number of amides is 1. The van der Waals surface area contributed by atoms with Crippen LogP contribution in [0, 0.1) is 6.92 Å². The number of ether oxygens (including phenoxy) is 2. The fourth-order valence-electron chi connectivity index (χ4n) is 2.90. The Kier molecular flexibility index (Phi) is 5.27. The number of anilines is 1. The van der Waals surface area contributed by atoms with Crippen molar-refractivity contribution in [3.8, 4) is 11.5 Å². The van der Waals surface area contributed by atoms with E-state index in [1.807, 2.05) is 37.3 Å². The van der Waals surface area contributed by atoms with Crippen molar-refractivity contribution in [2.75, 3.05) is 24.2 Å². The maximum absolute atomic E-state index is 12.6. The molecular formula is C19H22N2O5S. The second-order valence-corrected chi connectivity index (χ2v) is 8.35. The van der Waals surface area contributed by atoms with Crippen molar-refractivity contribution >= 4 is 21.6 Å². The number of hydrogen-bond acceptors (Lipinski definition) is 5. The predicted molar refractivity (Wildman–Crippen MR) is 103 cm³/mol. The summed E-state index contributed by atoms with van der Waals surface area (Å²) in [7, 11) is -1.97. The highest BCUT2D eigenvalue weighted by Gasteiger charge is 2.34. The van der Waals surface area contributed by atoms with Gasteiger partial charge in [0.2, 0.25) is 10.0 Å². The Balaban J connectivity index is 1.76. The highest BCUT2D eigenvalue weighted by Crippen LogP contribution is 2.35. The molecule has 0 aromatic heterocycles. The van der Waals surface area contributed by atoms with Gasteiger partial charge in [-0.25, -0.2) is 8.42 Å². The lowest BCUT2D eigenvalue weighted by molar-refractivity contribution is -0.127. The Morgan fingerprint density at radius 1 is 1.30 bits per heavy atom. The normalized spacial score (nSPS) is 16.3. The van der Waals surface area contributed by atoms with Crippen molar-refractivity contribution < 1.29 is 22.7 Å². The number of hydrogen-bond donors (Lipinski definition) is 1. The van der Waals surface area contributed by atoms with Crippen molar-refractivity contribution in [3.63, 3.8) is 0 Å². The first-order chi connectivity index (χ1) is 12.8. The Morgan fingerprint density at radius 3 is 2.78 bits per heavy atom.